The Morgan fingerprint density at radius 2 is 2.04 bits per heavy atom. The lowest BCUT2D eigenvalue weighted by atomic mass is 10.1. The standard InChI is InChI=1S/C17H24N2O4S/c20-16-11-18-9-14(16)10-19-17(21)6-7-24(22,23)15-5-4-12-2-1-3-13(12)8-15/h4-5,8,14,16,18,20H,1-3,6-7,9-11H2,(H,19,21). The molecule has 132 valence electrons. The van der Waals surface area contributed by atoms with Crippen molar-refractivity contribution in [2.75, 3.05) is 25.4 Å². The third-order valence-electron chi connectivity index (χ3n) is 4.89. The highest BCUT2D eigenvalue weighted by atomic mass is 32.2. The number of nitrogens with one attached hydrogen (secondary N) is 2. The van der Waals surface area contributed by atoms with Crippen LogP contribution in [-0.2, 0) is 27.5 Å². The molecule has 0 radical (unpaired) electrons. The van der Waals surface area contributed by atoms with Gasteiger partial charge in [0.2, 0.25) is 5.91 Å². The van der Waals surface area contributed by atoms with Gasteiger partial charge in [-0.2, -0.15) is 0 Å². The topological polar surface area (TPSA) is 95.5 Å². The van der Waals surface area contributed by atoms with Gasteiger partial charge in [0.05, 0.1) is 16.8 Å². The van der Waals surface area contributed by atoms with Crippen LogP contribution in [0.1, 0.15) is 24.0 Å². The van der Waals surface area contributed by atoms with Crippen LogP contribution in [0.15, 0.2) is 23.1 Å². The maximum Gasteiger partial charge on any atom is 0.221 e. The van der Waals surface area contributed by atoms with Gasteiger partial charge >= 0.3 is 0 Å². The first-order valence-corrected chi connectivity index (χ1v) is 10.1. The predicted molar refractivity (Wildman–Crippen MR) is 90.5 cm³/mol. The highest BCUT2D eigenvalue weighted by molar-refractivity contribution is 7.91. The molecule has 1 aromatic carbocycles. The first-order chi connectivity index (χ1) is 11.5. The summed E-state index contributed by atoms with van der Waals surface area (Å²) in [5.74, 6) is -0.496. The number of sulfone groups is 1. The zero-order chi connectivity index (χ0) is 17.2. The van der Waals surface area contributed by atoms with Gasteiger partial charge in [0.25, 0.3) is 0 Å². The van der Waals surface area contributed by atoms with Gasteiger partial charge in [-0.25, -0.2) is 8.42 Å². The monoisotopic (exact) mass is 352 g/mol. The molecule has 24 heavy (non-hydrogen) atoms. The first-order valence-electron chi connectivity index (χ1n) is 8.46. The van der Waals surface area contributed by atoms with E-state index < -0.39 is 15.9 Å². The van der Waals surface area contributed by atoms with Gasteiger partial charge in [-0.05, 0) is 42.5 Å². The number of hydrogen-bond acceptors (Lipinski definition) is 5. The van der Waals surface area contributed by atoms with Crippen molar-refractivity contribution in [3.63, 3.8) is 0 Å². The molecule has 7 heteroatoms. The summed E-state index contributed by atoms with van der Waals surface area (Å²) in [5, 5.41) is 15.4. The van der Waals surface area contributed by atoms with Crippen molar-refractivity contribution in [3.05, 3.63) is 29.3 Å². The van der Waals surface area contributed by atoms with Crippen molar-refractivity contribution in [1.29, 1.82) is 0 Å². The van der Waals surface area contributed by atoms with E-state index >= 15 is 0 Å². The van der Waals surface area contributed by atoms with Crippen LogP contribution < -0.4 is 10.6 Å². The Balaban J connectivity index is 1.52. The van der Waals surface area contributed by atoms with Crippen molar-refractivity contribution in [2.24, 2.45) is 5.92 Å². The van der Waals surface area contributed by atoms with Crippen LogP contribution in [0.25, 0.3) is 0 Å². The average Bonchev–Trinajstić information content (AvgIpc) is 3.18. The summed E-state index contributed by atoms with van der Waals surface area (Å²) >= 11 is 0. The van der Waals surface area contributed by atoms with E-state index in [1.807, 2.05) is 6.07 Å². The van der Waals surface area contributed by atoms with E-state index in [0.717, 1.165) is 24.8 Å². The highest BCUT2D eigenvalue weighted by Gasteiger charge is 2.25. The van der Waals surface area contributed by atoms with Crippen LogP contribution in [-0.4, -0.2) is 50.9 Å². The molecule has 1 aromatic rings. The van der Waals surface area contributed by atoms with Gasteiger partial charge in [-0.3, -0.25) is 4.79 Å². The molecule has 1 amide bonds. The summed E-state index contributed by atoms with van der Waals surface area (Å²) in [6.07, 6.45) is 2.50. The second-order valence-corrected chi connectivity index (χ2v) is 8.75. The predicted octanol–water partition coefficient (Wildman–Crippen LogP) is 0.0356. The molecule has 1 aliphatic heterocycles. The minimum Gasteiger partial charge on any atom is -0.391 e. The molecule has 0 saturated carbocycles. The number of fused-ring (bicyclic) bond motifs is 1. The van der Waals surface area contributed by atoms with Gasteiger partial charge in [-0.15, -0.1) is 0 Å². The number of rotatable bonds is 6. The van der Waals surface area contributed by atoms with Crippen LogP contribution in [0, 0.1) is 5.92 Å². The van der Waals surface area contributed by atoms with Crippen molar-refractivity contribution < 1.29 is 18.3 Å². The fraction of sp³-hybridized carbons (Fsp3) is 0.588. The molecular weight excluding hydrogens is 328 g/mol. The van der Waals surface area contributed by atoms with Gasteiger partial charge < -0.3 is 15.7 Å². The van der Waals surface area contributed by atoms with Crippen LogP contribution in [0.5, 0.6) is 0 Å². The molecule has 0 aromatic heterocycles. The van der Waals surface area contributed by atoms with Crippen molar-refractivity contribution >= 4 is 15.7 Å². The number of carbonyl (C=O) groups excluding carboxylic acids is 1. The largest absolute Gasteiger partial charge is 0.391 e. The Morgan fingerprint density at radius 1 is 1.25 bits per heavy atom. The molecule has 0 bridgehead atoms. The lowest BCUT2D eigenvalue weighted by Gasteiger charge is -2.14. The SMILES string of the molecule is O=C(CCS(=O)(=O)c1ccc2c(c1)CCC2)NCC1CNCC1O. The van der Waals surface area contributed by atoms with Gasteiger partial charge in [-0.1, -0.05) is 6.07 Å². The summed E-state index contributed by atoms with van der Waals surface area (Å²) < 4.78 is 24.8. The molecule has 1 aliphatic carbocycles. The van der Waals surface area contributed by atoms with E-state index in [1.165, 1.54) is 5.56 Å². The number of β-amino-alcohol motifs (C(OH)–C–C–N with tert-alkyl or cyclic N) is 1. The van der Waals surface area contributed by atoms with Crippen molar-refractivity contribution in [1.82, 2.24) is 10.6 Å². The number of hydrogen-bond donors (Lipinski definition) is 3. The summed E-state index contributed by atoms with van der Waals surface area (Å²) in [6.45, 7) is 1.56. The van der Waals surface area contributed by atoms with Gasteiger partial charge in [0.15, 0.2) is 9.84 Å². The summed E-state index contributed by atoms with van der Waals surface area (Å²) in [4.78, 5) is 12.2. The minimum absolute atomic E-state index is 0.0118. The Bertz CT molecular complexity index is 717. The molecule has 3 rings (SSSR count). The van der Waals surface area contributed by atoms with Crippen LogP contribution >= 0.6 is 0 Å². The fourth-order valence-electron chi connectivity index (χ4n) is 3.35. The number of aliphatic hydroxyl groups is 1. The minimum atomic E-state index is -3.45. The van der Waals surface area contributed by atoms with Crippen LogP contribution in [0.3, 0.4) is 0 Å². The van der Waals surface area contributed by atoms with E-state index in [-0.39, 0.29) is 24.0 Å². The third-order valence-corrected chi connectivity index (χ3v) is 6.61. The second kappa shape index (κ2) is 7.21. The van der Waals surface area contributed by atoms with E-state index in [9.17, 15) is 18.3 Å². The normalized spacial score (nSPS) is 23.2. The number of aryl methyl sites for hydroxylation is 2. The Kier molecular flexibility index (Phi) is 5.22. The highest BCUT2D eigenvalue weighted by Crippen LogP contribution is 2.25. The van der Waals surface area contributed by atoms with E-state index in [1.54, 1.807) is 12.1 Å². The quantitative estimate of drug-likeness (QED) is 0.672. The maximum atomic E-state index is 12.4. The Morgan fingerprint density at radius 3 is 2.79 bits per heavy atom. The van der Waals surface area contributed by atoms with E-state index in [4.69, 9.17) is 0 Å². The number of amides is 1. The van der Waals surface area contributed by atoms with Gasteiger partial charge in [0, 0.05) is 32.0 Å². The molecule has 6 nitrogen and oxygen atoms in total. The molecule has 1 fully saturated rings. The number of aliphatic hydroxyl groups excluding tert-OH is 1. The second-order valence-electron chi connectivity index (χ2n) is 6.64. The number of benzene rings is 1. The van der Waals surface area contributed by atoms with Gasteiger partial charge in [0.1, 0.15) is 0 Å². The zero-order valence-electron chi connectivity index (χ0n) is 13.6. The van der Waals surface area contributed by atoms with E-state index in [2.05, 4.69) is 10.6 Å². The number of carbonyl (C=O) groups is 1. The summed E-state index contributed by atoms with van der Waals surface area (Å²) in [6, 6.07) is 5.30. The molecule has 0 spiro atoms. The van der Waals surface area contributed by atoms with Crippen LogP contribution in [0.2, 0.25) is 0 Å². The molecule has 2 unspecified atom stereocenters. The lowest BCUT2D eigenvalue weighted by molar-refractivity contribution is -0.120. The molecule has 1 heterocycles. The average molecular weight is 352 g/mol. The van der Waals surface area contributed by atoms with E-state index in [0.29, 0.717) is 24.5 Å². The maximum absolute atomic E-state index is 12.4. The fourth-order valence-corrected chi connectivity index (χ4v) is 4.63. The summed E-state index contributed by atoms with van der Waals surface area (Å²) in [5.41, 5.74) is 2.35. The van der Waals surface area contributed by atoms with Crippen molar-refractivity contribution in [3.8, 4) is 0 Å². The first kappa shape index (κ1) is 17.4. The molecule has 3 N–H and O–H groups in total. The Hall–Kier alpha value is -1.44. The van der Waals surface area contributed by atoms with Crippen molar-refractivity contribution in [2.45, 2.75) is 36.7 Å². The summed E-state index contributed by atoms with van der Waals surface area (Å²) in [7, 11) is -3.45. The molecule has 2 aliphatic rings. The molecular formula is C17H24N2O4S. The smallest absolute Gasteiger partial charge is 0.221 e. The zero-order valence-corrected chi connectivity index (χ0v) is 14.4. The lowest BCUT2D eigenvalue weighted by Crippen LogP contribution is -2.35. The third kappa shape index (κ3) is 3.96. The molecule has 2 atom stereocenters. The Labute approximate surface area is 142 Å². The molecule has 1 saturated heterocycles. The van der Waals surface area contributed by atoms with Crippen LogP contribution in [0.4, 0.5) is 0 Å².